The van der Waals surface area contributed by atoms with E-state index in [1.807, 2.05) is 84.9 Å². The molecule has 28 heavy (non-hydrogen) atoms. The van der Waals surface area contributed by atoms with Crippen LogP contribution in [0.5, 0.6) is 11.5 Å². The molecule has 3 heteroatoms. The number of carbonyl (C=O) groups excluding carboxylic acids is 1. The molecule has 136 valence electrons. The molecule has 0 aliphatic heterocycles. The van der Waals surface area contributed by atoms with Gasteiger partial charge in [-0.3, -0.25) is 0 Å². The summed E-state index contributed by atoms with van der Waals surface area (Å²) in [5, 5.41) is 0. The summed E-state index contributed by atoms with van der Waals surface area (Å²) in [5.41, 5.74) is 3.57. The van der Waals surface area contributed by atoms with Crippen LogP contribution >= 0.6 is 0 Å². The summed E-state index contributed by atoms with van der Waals surface area (Å²) in [5.74, 6) is 0.909. The standard InChI is InChI=1S/C25H18O3/c26-25(27-21-15-8-3-9-16-21)28-24-22(19-11-4-1-5-12-19)17-10-18-23(24)20-13-6-2-7-14-20/h1-18H. The second kappa shape index (κ2) is 8.23. The molecular formula is C25H18O3. The van der Waals surface area contributed by atoms with Gasteiger partial charge in [0.15, 0.2) is 0 Å². The predicted molar refractivity (Wildman–Crippen MR) is 110 cm³/mol. The van der Waals surface area contributed by atoms with Gasteiger partial charge in [-0.25, -0.2) is 4.79 Å². The Balaban J connectivity index is 1.75. The molecule has 0 atom stereocenters. The van der Waals surface area contributed by atoms with Crippen LogP contribution < -0.4 is 9.47 Å². The van der Waals surface area contributed by atoms with Gasteiger partial charge in [-0.15, -0.1) is 0 Å². The van der Waals surface area contributed by atoms with Gasteiger partial charge in [-0.1, -0.05) is 97.1 Å². The van der Waals surface area contributed by atoms with Crippen molar-refractivity contribution in [2.45, 2.75) is 0 Å². The van der Waals surface area contributed by atoms with Crippen molar-refractivity contribution in [3.05, 3.63) is 109 Å². The fourth-order valence-corrected chi connectivity index (χ4v) is 3.03. The van der Waals surface area contributed by atoms with E-state index in [2.05, 4.69) is 0 Å². The molecule has 0 heterocycles. The van der Waals surface area contributed by atoms with Gasteiger partial charge >= 0.3 is 6.16 Å². The second-order valence-corrected chi connectivity index (χ2v) is 6.18. The molecule has 0 saturated heterocycles. The topological polar surface area (TPSA) is 35.5 Å². The number of carbonyl (C=O) groups is 1. The summed E-state index contributed by atoms with van der Waals surface area (Å²) in [6.45, 7) is 0. The van der Waals surface area contributed by atoms with Crippen molar-refractivity contribution in [3.8, 4) is 33.8 Å². The minimum atomic E-state index is -0.772. The molecule has 0 aromatic heterocycles. The Bertz CT molecular complexity index is 1000. The lowest BCUT2D eigenvalue weighted by Crippen LogP contribution is -2.14. The fraction of sp³-hybridized carbons (Fsp3) is 0. The molecule has 0 amide bonds. The first-order valence-electron chi connectivity index (χ1n) is 9.00. The molecule has 0 aliphatic carbocycles. The van der Waals surface area contributed by atoms with Crippen LogP contribution in [-0.4, -0.2) is 6.16 Å². The normalized spacial score (nSPS) is 10.3. The highest BCUT2D eigenvalue weighted by Gasteiger charge is 2.18. The lowest BCUT2D eigenvalue weighted by molar-refractivity contribution is 0.152. The van der Waals surface area contributed by atoms with E-state index in [9.17, 15) is 4.79 Å². The van der Waals surface area contributed by atoms with Gasteiger partial charge in [-0.05, 0) is 23.3 Å². The van der Waals surface area contributed by atoms with E-state index in [-0.39, 0.29) is 0 Å². The molecule has 0 radical (unpaired) electrons. The molecule has 0 saturated carbocycles. The Morgan fingerprint density at radius 2 is 0.964 bits per heavy atom. The molecule has 0 fully saturated rings. The van der Waals surface area contributed by atoms with E-state index >= 15 is 0 Å². The van der Waals surface area contributed by atoms with Crippen LogP contribution in [0.25, 0.3) is 22.3 Å². The van der Waals surface area contributed by atoms with Crippen LogP contribution in [0.15, 0.2) is 109 Å². The third-order valence-electron chi connectivity index (χ3n) is 4.31. The molecule has 0 bridgehead atoms. The lowest BCUT2D eigenvalue weighted by Gasteiger charge is -2.15. The predicted octanol–water partition coefficient (Wildman–Crippen LogP) is 6.60. The van der Waals surface area contributed by atoms with Crippen LogP contribution in [0.4, 0.5) is 4.79 Å². The van der Waals surface area contributed by atoms with E-state index in [1.165, 1.54) is 0 Å². The maximum atomic E-state index is 12.5. The van der Waals surface area contributed by atoms with Crippen LogP contribution in [0.1, 0.15) is 0 Å². The monoisotopic (exact) mass is 366 g/mol. The zero-order valence-corrected chi connectivity index (χ0v) is 15.1. The molecule has 4 rings (SSSR count). The second-order valence-electron chi connectivity index (χ2n) is 6.18. The first kappa shape index (κ1) is 17.6. The lowest BCUT2D eigenvalue weighted by atomic mass is 9.97. The van der Waals surface area contributed by atoms with Crippen molar-refractivity contribution >= 4 is 6.16 Å². The fourth-order valence-electron chi connectivity index (χ4n) is 3.03. The number of ether oxygens (including phenoxy) is 2. The van der Waals surface area contributed by atoms with Gasteiger partial charge in [0.25, 0.3) is 0 Å². The van der Waals surface area contributed by atoms with Gasteiger partial charge < -0.3 is 9.47 Å². The summed E-state index contributed by atoms with van der Waals surface area (Å²) in [6.07, 6.45) is -0.772. The molecule has 0 N–H and O–H groups in total. The van der Waals surface area contributed by atoms with Gasteiger partial charge in [0.1, 0.15) is 11.5 Å². The molecule has 0 spiro atoms. The minimum absolute atomic E-state index is 0.436. The van der Waals surface area contributed by atoms with Crippen molar-refractivity contribution in [1.29, 1.82) is 0 Å². The van der Waals surface area contributed by atoms with Crippen LogP contribution in [0.2, 0.25) is 0 Å². The molecular weight excluding hydrogens is 348 g/mol. The quantitative estimate of drug-likeness (QED) is 0.301. The summed E-state index contributed by atoms with van der Waals surface area (Å²) in [6, 6.07) is 34.4. The first-order chi connectivity index (χ1) is 13.8. The maximum Gasteiger partial charge on any atom is 0.519 e. The van der Waals surface area contributed by atoms with E-state index in [0.29, 0.717) is 11.5 Å². The average molecular weight is 366 g/mol. The van der Waals surface area contributed by atoms with E-state index in [4.69, 9.17) is 9.47 Å². The van der Waals surface area contributed by atoms with E-state index in [1.54, 1.807) is 24.3 Å². The molecule has 4 aromatic carbocycles. The van der Waals surface area contributed by atoms with Gasteiger partial charge in [0, 0.05) is 11.1 Å². The zero-order chi connectivity index (χ0) is 19.2. The van der Waals surface area contributed by atoms with Gasteiger partial charge in [-0.2, -0.15) is 0 Å². The van der Waals surface area contributed by atoms with Crippen LogP contribution in [0.3, 0.4) is 0 Å². The van der Waals surface area contributed by atoms with Crippen molar-refractivity contribution in [2.24, 2.45) is 0 Å². The highest BCUT2D eigenvalue weighted by Crippen LogP contribution is 2.39. The minimum Gasteiger partial charge on any atom is -0.395 e. The summed E-state index contributed by atoms with van der Waals surface area (Å²) < 4.78 is 11.1. The maximum absolute atomic E-state index is 12.5. The number of rotatable bonds is 4. The highest BCUT2D eigenvalue weighted by atomic mass is 16.7. The number of para-hydroxylation sites is 2. The van der Waals surface area contributed by atoms with Crippen molar-refractivity contribution in [3.63, 3.8) is 0 Å². The molecule has 0 aliphatic rings. The SMILES string of the molecule is O=C(Oc1ccccc1)Oc1c(-c2ccccc2)cccc1-c1ccccc1. The summed E-state index contributed by atoms with van der Waals surface area (Å²) >= 11 is 0. The Kier molecular flexibility index (Phi) is 5.16. The smallest absolute Gasteiger partial charge is 0.395 e. The van der Waals surface area contributed by atoms with Gasteiger partial charge in [0.2, 0.25) is 0 Å². The summed E-state index contributed by atoms with van der Waals surface area (Å²) in [4.78, 5) is 12.5. The summed E-state index contributed by atoms with van der Waals surface area (Å²) in [7, 11) is 0. The molecule has 0 unspecified atom stereocenters. The van der Waals surface area contributed by atoms with E-state index < -0.39 is 6.16 Å². The first-order valence-corrected chi connectivity index (χ1v) is 9.00. The Labute approximate surface area is 163 Å². The third-order valence-corrected chi connectivity index (χ3v) is 4.31. The number of benzene rings is 4. The average Bonchev–Trinajstić information content (AvgIpc) is 2.76. The molecule has 4 aromatic rings. The van der Waals surface area contributed by atoms with Crippen LogP contribution in [0, 0.1) is 0 Å². The zero-order valence-electron chi connectivity index (χ0n) is 15.1. The molecule has 3 nitrogen and oxygen atoms in total. The van der Waals surface area contributed by atoms with Crippen molar-refractivity contribution < 1.29 is 14.3 Å². The van der Waals surface area contributed by atoms with Gasteiger partial charge in [0.05, 0.1) is 0 Å². The van der Waals surface area contributed by atoms with Crippen molar-refractivity contribution in [1.82, 2.24) is 0 Å². The van der Waals surface area contributed by atoms with Crippen molar-refractivity contribution in [2.75, 3.05) is 0 Å². The highest BCUT2D eigenvalue weighted by molar-refractivity contribution is 5.85. The number of hydrogen-bond acceptors (Lipinski definition) is 3. The van der Waals surface area contributed by atoms with E-state index in [0.717, 1.165) is 22.3 Å². The largest absolute Gasteiger partial charge is 0.519 e. The Hall–Kier alpha value is -3.85. The third kappa shape index (κ3) is 3.94. The number of hydrogen-bond donors (Lipinski definition) is 0. The Morgan fingerprint density at radius 1 is 0.500 bits per heavy atom. The Morgan fingerprint density at radius 3 is 1.46 bits per heavy atom. The van der Waals surface area contributed by atoms with Crippen LogP contribution in [-0.2, 0) is 0 Å².